The Balaban J connectivity index is 1.85. The lowest BCUT2D eigenvalue weighted by atomic mass is 9.98. The smallest absolute Gasteiger partial charge is 0.413 e. The Bertz CT molecular complexity index is 567. The molecule has 0 N–H and O–H groups in total. The molecule has 114 valence electrons. The SMILES string of the molecule is Cc1cc2c(cc1C)O[C@@H](N1C(=O)OC[C@@H]1C(C)C)CC2. The lowest BCUT2D eigenvalue weighted by Gasteiger charge is -2.35. The van der Waals surface area contributed by atoms with Gasteiger partial charge in [-0.3, -0.25) is 4.90 Å². The van der Waals surface area contributed by atoms with E-state index in [1.165, 1.54) is 16.7 Å². The standard InChI is InChI=1S/C17H23NO3/c1-10(2)14-9-20-17(19)18(14)16-6-5-13-7-11(3)12(4)8-15(13)21-16/h7-8,10,14,16H,5-6,9H2,1-4H3/t14-,16-/m1/s1. The molecule has 2 aliphatic heterocycles. The molecule has 2 heterocycles. The van der Waals surface area contributed by atoms with Crippen LogP contribution in [0, 0.1) is 19.8 Å². The van der Waals surface area contributed by atoms with Crippen molar-refractivity contribution in [2.75, 3.05) is 6.61 Å². The Labute approximate surface area is 126 Å². The van der Waals surface area contributed by atoms with E-state index in [-0.39, 0.29) is 18.4 Å². The maximum Gasteiger partial charge on any atom is 0.413 e. The molecule has 4 heteroatoms. The van der Waals surface area contributed by atoms with Crippen molar-refractivity contribution in [1.29, 1.82) is 0 Å². The predicted octanol–water partition coefficient (Wildman–Crippen LogP) is 3.43. The number of benzene rings is 1. The number of hydrogen-bond acceptors (Lipinski definition) is 3. The molecule has 4 nitrogen and oxygen atoms in total. The van der Waals surface area contributed by atoms with E-state index >= 15 is 0 Å². The first-order valence-corrected chi connectivity index (χ1v) is 7.69. The molecule has 1 saturated heterocycles. The number of rotatable bonds is 2. The van der Waals surface area contributed by atoms with Crippen LogP contribution in [-0.4, -0.2) is 29.9 Å². The van der Waals surface area contributed by atoms with Crippen molar-refractivity contribution in [2.45, 2.75) is 52.8 Å². The summed E-state index contributed by atoms with van der Waals surface area (Å²) in [6.45, 7) is 8.90. The molecule has 3 rings (SSSR count). The van der Waals surface area contributed by atoms with Crippen LogP contribution in [0.4, 0.5) is 4.79 Å². The van der Waals surface area contributed by atoms with Crippen molar-refractivity contribution in [3.63, 3.8) is 0 Å². The summed E-state index contributed by atoms with van der Waals surface area (Å²) in [5.41, 5.74) is 3.75. The van der Waals surface area contributed by atoms with Gasteiger partial charge in [0, 0.05) is 6.42 Å². The van der Waals surface area contributed by atoms with Gasteiger partial charge in [-0.2, -0.15) is 0 Å². The van der Waals surface area contributed by atoms with Gasteiger partial charge < -0.3 is 9.47 Å². The summed E-state index contributed by atoms with van der Waals surface area (Å²) in [7, 11) is 0. The van der Waals surface area contributed by atoms with Gasteiger partial charge in [0.15, 0.2) is 6.23 Å². The van der Waals surface area contributed by atoms with Crippen LogP contribution in [0.15, 0.2) is 12.1 Å². The van der Waals surface area contributed by atoms with Gasteiger partial charge in [-0.15, -0.1) is 0 Å². The van der Waals surface area contributed by atoms with E-state index in [9.17, 15) is 4.79 Å². The summed E-state index contributed by atoms with van der Waals surface area (Å²) in [6, 6.07) is 4.39. The topological polar surface area (TPSA) is 38.8 Å². The maximum absolute atomic E-state index is 12.0. The normalized spacial score (nSPS) is 24.8. The highest BCUT2D eigenvalue weighted by Gasteiger charge is 2.41. The molecular formula is C17H23NO3. The van der Waals surface area contributed by atoms with E-state index in [0.29, 0.717) is 12.5 Å². The van der Waals surface area contributed by atoms with Crippen LogP contribution in [0.5, 0.6) is 5.75 Å². The average molecular weight is 289 g/mol. The number of hydrogen-bond donors (Lipinski definition) is 0. The minimum Gasteiger partial charge on any atom is -0.470 e. The van der Waals surface area contributed by atoms with Crippen LogP contribution < -0.4 is 4.74 Å². The average Bonchev–Trinajstić information content (AvgIpc) is 2.82. The third kappa shape index (κ3) is 2.47. The van der Waals surface area contributed by atoms with Crippen LogP contribution in [0.2, 0.25) is 0 Å². The highest BCUT2D eigenvalue weighted by Crippen LogP contribution is 2.34. The number of cyclic esters (lactones) is 1. The lowest BCUT2D eigenvalue weighted by Crippen LogP contribution is -2.48. The number of fused-ring (bicyclic) bond motifs is 1. The molecule has 0 saturated carbocycles. The zero-order chi connectivity index (χ0) is 15.1. The molecule has 0 bridgehead atoms. The second-order valence-electron chi connectivity index (χ2n) is 6.45. The van der Waals surface area contributed by atoms with Gasteiger partial charge in [-0.1, -0.05) is 19.9 Å². The molecule has 2 aliphatic rings. The summed E-state index contributed by atoms with van der Waals surface area (Å²) in [5, 5.41) is 0. The number of ether oxygens (including phenoxy) is 2. The first-order chi connectivity index (χ1) is 9.97. The Hall–Kier alpha value is -1.71. The molecule has 0 aromatic heterocycles. The zero-order valence-corrected chi connectivity index (χ0v) is 13.2. The molecule has 0 unspecified atom stereocenters. The van der Waals surface area contributed by atoms with Gasteiger partial charge in [0.05, 0.1) is 6.04 Å². The monoisotopic (exact) mass is 289 g/mol. The van der Waals surface area contributed by atoms with E-state index in [4.69, 9.17) is 9.47 Å². The number of amides is 1. The third-order valence-electron chi connectivity index (χ3n) is 4.63. The molecule has 1 aromatic rings. The van der Waals surface area contributed by atoms with Gasteiger partial charge in [0.1, 0.15) is 12.4 Å². The fraction of sp³-hybridized carbons (Fsp3) is 0.588. The minimum absolute atomic E-state index is 0.107. The fourth-order valence-electron chi connectivity index (χ4n) is 3.13. The molecule has 2 atom stereocenters. The van der Waals surface area contributed by atoms with E-state index in [0.717, 1.165) is 18.6 Å². The van der Waals surface area contributed by atoms with Crippen LogP contribution >= 0.6 is 0 Å². The maximum atomic E-state index is 12.0. The molecule has 0 spiro atoms. The van der Waals surface area contributed by atoms with E-state index in [2.05, 4.69) is 39.8 Å². The molecule has 0 aliphatic carbocycles. The van der Waals surface area contributed by atoms with Crippen LogP contribution in [-0.2, 0) is 11.2 Å². The Morgan fingerprint density at radius 1 is 1.24 bits per heavy atom. The Kier molecular flexibility index (Phi) is 3.56. The molecular weight excluding hydrogens is 266 g/mol. The van der Waals surface area contributed by atoms with Crippen molar-refractivity contribution in [2.24, 2.45) is 5.92 Å². The molecule has 1 aromatic carbocycles. The van der Waals surface area contributed by atoms with Crippen molar-refractivity contribution >= 4 is 6.09 Å². The quantitative estimate of drug-likeness (QED) is 0.837. The Morgan fingerprint density at radius 3 is 2.67 bits per heavy atom. The zero-order valence-electron chi connectivity index (χ0n) is 13.2. The first kappa shape index (κ1) is 14.2. The second-order valence-corrected chi connectivity index (χ2v) is 6.45. The third-order valence-corrected chi connectivity index (χ3v) is 4.63. The summed E-state index contributed by atoms with van der Waals surface area (Å²) in [6.07, 6.45) is 1.32. The number of carbonyl (C=O) groups excluding carboxylic acids is 1. The van der Waals surface area contributed by atoms with Crippen LogP contribution in [0.3, 0.4) is 0 Å². The Morgan fingerprint density at radius 2 is 1.95 bits per heavy atom. The minimum atomic E-state index is -0.244. The van der Waals surface area contributed by atoms with Gasteiger partial charge in [0.25, 0.3) is 0 Å². The van der Waals surface area contributed by atoms with Crippen LogP contribution in [0.25, 0.3) is 0 Å². The van der Waals surface area contributed by atoms with Crippen molar-refractivity contribution in [3.05, 3.63) is 28.8 Å². The van der Waals surface area contributed by atoms with Gasteiger partial charge >= 0.3 is 6.09 Å². The lowest BCUT2D eigenvalue weighted by molar-refractivity contribution is 0.0154. The number of nitrogens with zero attached hydrogens (tertiary/aromatic N) is 1. The second kappa shape index (κ2) is 5.24. The van der Waals surface area contributed by atoms with Crippen LogP contribution in [0.1, 0.15) is 37.0 Å². The van der Waals surface area contributed by atoms with Crippen molar-refractivity contribution in [3.8, 4) is 5.75 Å². The van der Waals surface area contributed by atoms with Crippen molar-refractivity contribution < 1.29 is 14.3 Å². The molecule has 0 radical (unpaired) electrons. The largest absolute Gasteiger partial charge is 0.470 e. The number of aryl methyl sites for hydroxylation is 3. The fourth-order valence-corrected chi connectivity index (χ4v) is 3.13. The molecule has 21 heavy (non-hydrogen) atoms. The van der Waals surface area contributed by atoms with E-state index in [1.54, 1.807) is 4.90 Å². The number of carbonyl (C=O) groups is 1. The van der Waals surface area contributed by atoms with E-state index in [1.807, 2.05) is 0 Å². The first-order valence-electron chi connectivity index (χ1n) is 7.69. The molecule has 1 amide bonds. The predicted molar refractivity (Wildman–Crippen MR) is 80.5 cm³/mol. The highest BCUT2D eigenvalue weighted by atomic mass is 16.6. The summed E-state index contributed by atoms with van der Waals surface area (Å²) < 4.78 is 11.4. The highest BCUT2D eigenvalue weighted by molar-refractivity contribution is 5.70. The molecule has 1 fully saturated rings. The van der Waals surface area contributed by atoms with Gasteiger partial charge in [-0.25, -0.2) is 4.79 Å². The summed E-state index contributed by atoms with van der Waals surface area (Å²) in [4.78, 5) is 13.8. The summed E-state index contributed by atoms with van der Waals surface area (Å²) >= 11 is 0. The van der Waals surface area contributed by atoms with Gasteiger partial charge in [0.2, 0.25) is 0 Å². The van der Waals surface area contributed by atoms with Gasteiger partial charge in [-0.05, 0) is 48.9 Å². The van der Waals surface area contributed by atoms with Crippen molar-refractivity contribution in [1.82, 2.24) is 4.90 Å². The van der Waals surface area contributed by atoms with E-state index < -0.39 is 0 Å². The summed E-state index contributed by atoms with van der Waals surface area (Å²) in [5.74, 6) is 1.28.